The first kappa shape index (κ1) is 12.1. The van der Waals surface area contributed by atoms with Crippen molar-refractivity contribution in [2.75, 3.05) is 17.0 Å². The number of thioether (sulfide) groups is 2. The van der Waals surface area contributed by atoms with Crippen molar-refractivity contribution in [2.45, 2.75) is 4.34 Å². The summed E-state index contributed by atoms with van der Waals surface area (Å²) in [5, 5.41) is 11.6. The van der Waals surface area contributed by atoms with Gasteiger partial charge in [0, 0.05) is 0 Å². The molecular weight excluding hydrogens is 282 g/mol. The van der Waals surface area contributed by atoms with Crippen molar-refractivity contribution < 1.29 is 0 Å². The van der Waals surface area contributed by atoms with Crippen LogP contribution in [0.1, 0.15) is 5.56 Å². The fourth-order valence-corrected chi connectivity index (χ4v) is 3.97. The second-order valence-corrected chi connectivity index (χ2v) is 6.48. The molecule has 0 saturated carbocycles. The summed E-state index contributed by atoms with van der Waals surface area (Å²) in [6.07, 6.45) is 2.02. The Labute approximate surface area is 118 Å². The normalized spacial score (nSPS) is 14.9. The summed E-state index contributed by atoms with van der Waals surface area (Å²) in [5.41, 5.74) is 2.44. The molecular formula is C12H11N3S3. The number of hydrogen-bond donors (Lipinski definition) is 0. The van der Waals surface area contributed by atoms with Gasteiger partial charge in [0.1, 0.15) is 0 Å². The van der Waals surface area contributed by atoms with Crippen molar-refractivity contribution >= 4 is 45.7 Å². The highest BCUT2D eigenvalue weighted by Crippen LogP contribution is 2.37. The average molecular weight is 293 g/mol. The zero-order valence-electron chi connectivity index (χ0n) is 9.74. The molecule has 1 aromatic carbocycles. The molecule has 0 saturated heterocycles. The Morgan fingerprint density at radius 1 is 1.22 bits per heavy atom. The lowest BCUT2D eigenvalue weighted by Crippen LogP contribution is -2.16. The summed E-state index contributed by atoms with van der Waals surface area (Å²) in [4.78, 5) is 2.22. The third-order valence-corrected chi connectivity index (χ3v) is 5.28. The van der Waals surface area contributed by atoms with Crippen LogP contribution in [0.5, 0.6) is 0 Å². The van der Waals surface area contributed by atoms with Gasteiger partial charge in [-0.1, -0.05) is 53.4 Å². The van der Waals surface area contributed by atoms with E-state index in [1.54, 1.807) is 34.9 Å². The van der Waals surface area contributed by atoms with Crippen molar-refractivity contribution in [3.8, 4) is 0 Å². The van der Waals surface area contributed by atoms with E-state index in [4.69, 9.17) is 0 Å². The second kappa shape index (κ2) is 5.34. The molecule has 0 bridgehead atoms. The molecule has 0 aliphatic carbocycles. The molecule has 1 aromatic heterocycles. The monoisotopic (exact) mass is 293 g/mol. The van der Waals surface area contributed by atoms with Gasteiger partial charge in [-0.2, -0.15) is 0 Å². The minimum atomic E-state index is 0.910. The van der Waals surface area contributed by atoms with Crippen LogP contribution in [0.15, 0.2) is 40.1 Å². The van der Waals surface area contributed by atoms with E-state index >= 15 is 0 Å². The number of hydrogen-bond acceptors (Lipinski definition) is 6. The second-order valence-electron chi connectivity index (χ2n) is 3.65. The Bertz CT molecular complexity index is 565. The lowest BCUT2D eigenvalue weighted by Gasteiger charge is -2.17. The first-order valence-electron chi connectivity index (χ1n) is 5.41. The van der Waals surface area contributed by atoms with E-state index in [1.165, 1.54) is 11.3 Å². The third-order valence-electron chi connectivity index (χ3n) is 2.56. The molecule has 0 atom stereocenters. The number of nitrogens with zero attached hydrogens (tertiary/aromatic N) is 3. The van der Waals surface area contributed by atoms with Gasteiger partial charge in [-0.25, -0.2) is 0 Å². The van der Waals surface area contributed by atoms with E-state index in [1.807, 2.05) is 12.3 Å². The molecule has 6 heteroatoms. The van der Waals surface area contributed by atoms with Gasteiger partial charge >= 0.3 is 0 Å². The van der Waals surface area contributed by atoms with Gasteiger partial charge in [0.05, 0.1) is 11.6 Å². The predicted octanol–water partition coefficient (Wildman–Crippen LogP) is 3.77. The van der Waals surface area contributed by atoms with Crippen molar-refractivity contribution in [1.29, 1.82) is 0 Å². The van der Waals surface area contributed by atoms with E-state index in [0.717, 1.165) is 15.3 Å². The molecule has 1 aliphatic heterocycles. The summed E-state index contributed by atoms with van der Waals surface area (Å²) < 4.78 is 1.01. The molecule has 3 nitrogen and oxygen atoms in total. The minimum Gasteiger partial charge on any atom is -0.305 e. The van der Waals surface area contributed by atoms with Crippen LogP contribution in [0.25, 0.3) is 5.70 Å². The Morgan fingerprint density at radius 3 is 2.78 bits per heavy atom. The van der Waals surface area contributed by atoms with Gasteiger partial charge in [-0.3, -0.25) is 0 Å². The van der Waals surface area contributed by atoms with E-state index < -0.39 is 0 Å². The van der Waals surface area contributed by atoms with Crippen LogP contribution in [0.3, 0.4) is 0 Å². The van der Waals surface area contributed by atoms with Gasteiger partial charge in [0.2, 0.25) is 5.13 Å². The van der Waals surface area contributed by atoms with Crippen molar-refractivity contribution in [2.24, 2.45) is 0 Å². The van der Waals surface area contributed by atoms with E-state index in [-0.39, 0.29) is 0 Å². The maximum Gasteiger partial charge on any atom is 0.214 e. The highest BCUT2D eigenvalue weighted by molar-refractivity contribution is 8.02. The molecule has 92 valence electrons. The average Bonchev–Trinajstić information content (AvgIpc) is 3.08. The number of rotatable bonds is 3. The smallest absolute Gasteiger partial charge is 0.214 e. The summed E-state index contributed by atoms with van der Waals surface area (Å²) in [5.74, 6) is 0.910. The van der Waals surface area contributed by atoms with Gasteiger partial charge in [-0.05, 0) is 17.2 Å². The maximum absolute atomic E-state index is 4.26. The topological polar surface area (TPSA) is 29.0 Å². The van der Waals surface area contributed by atoms with Crippen molar-refractivity contribution in [3.63, 3.8) is 0 Å². The summed E-state index contributed by atoms with van der Waals surface area (Å²) in [7, 11) is 0. The van der Waals surface area contributed by atoms with E-state index in [9.17, 15) is 0 Å². The SMILES string of the molecule is CSc1nnc(N2CSC=C2c2ccccc2)s1. The molecule has 0 amide bonds. The molecule has 0 unspecified atom stereocenters. The first-order valence-corrected chi connectivity index (χ1v) is 8.50. The van der Waals surface area contributed by atoms with Crippen LogP contribution in [-0.2, 0) is 0 Å². The molecule has 0 radical (unpaired) electrons. The van der Waals surface area contributed by atoms with Crippen LogP contribution >= 0.6 is 34.9 Å². The third kappa shape index (κ3) is 2.28. The highest BCUT2D eigenvalue weighted by Gasteiger charge is 2.22. The summed E-state index contributed by atoms with van der Waals surface area (Å²) in [6.45, 7) is 0. The molecule has 1 aliphatic rings. The fraction of sp³-hybridized carbons (Fsp3) is 0.167. The van der Waals surface area contributed by atoms with Crippen LogP contribution < -0.4 is 4.90 Å². The van der Waals surface area contributed by atoms with Gasteiger partial charge < -0.3 is 4.90 Å². The molecule has 0 spiro atoms. The van der Waals surface area contributed by atoms with E-state index in [2.05, 4.69) is 44.8 Å². The molecule has 0 N–H and O–H groups in total. The van der Waals surface area contributed by atoms with Gasteiger partial charge in [-0.15, -0.1) is 22.0 Å². The predicted molar refractivity (Wildman–Crippen MR) is 81.0 cm³/mol. The summed E-state index contributed by atoms with van der Waals surface area (Å²) >= 11 is 5.07. The van der Waals surface area contributed by atoms with Crippen molar-refractivity contribution in [1.82, 2.24) is 10.2 Å². The Hall–Kier alpha value is -0.980. The van der Waals surface area contributed by atoms with Crippen LogP contribution in [-0.4, -0.2) is 22.3 Å². The molecule has 0 fully saturated rings. The fourth-order valence-electron chi connectivity index (χ4n) is 1.71. The quantitative estimate of drug-likeness (QED) is 0.804. The van der Waals surface area contributed by atoms with Gasteiger partial charge in [0.25, 0.3) is 0 Å². The van der Waals surface area contributed by atoms with Crippen LogP contribution in [0.4, 0.5) is 5.13 Å². The Balaban J connectivity index is 1.91. The van der Waals surface area contributed by atoms with Gasteiger partial charge in [0.15, 0.2) is 4.34 Å². The first-order chi connectivity index (χ1) is 8.88. The zero-order valence-corrected chi connectivity index (χ0v) is 12.2. The number of anilines is 1. The lowest BCUT2D eigenvalue weighted by atomic mass is 10.2. The molecule has 18 heavy (non-hydrogen) atoms. The standard InChI is InChI=1S/C12H11N3S3/c1-16-12-14-13-11(18-12)15-8-17-7-10(15)9-5-3-2-4-6-9/h2-7H,8H2,1H3. The van der Waals surface area contributed by atoms with Crippen LogP contribution in [0.2, 0.25) is 0 Å². The number of aromatic nitrogens is 2. The maximum atomic E-state index is 4.26. The molecule has 2 aromatic rings. The Kier molecular flexibility index (Phi) is 3.58. The van der Waals surface area contributed by atoms with Crippen LogP contribution in [0, 0.1) is 0 Å². The summed E-state index contributed by atoms with van der Waals surface area (Å²) in [6, 6.07) is 10.4. The number of benzene rings is 1. The van der Waals surface area contributed by atoms with E-state index in [0.29, 0.717) is 0 Å². The lowest BCUT2D eigenvalue weighted by molar-refractivity contribution is 0.988. The Morgan fingerprint density at radius 2 is 2.06 bits per heavy atom. The zero-order chi connectivity index (χ0) is 12.4. The largest absolute Gasteiger partial charge is 0.305 e. The van der Waals surface area contributed by atoms with Crippen molar-refractivity contribution in [3.05, 3.63) is 41.3 Å². The highest BCUT2D eigenvalue weighted by atomic mass is 32.2. The molecule has 2 heterocycles. The molecule has 3 rings (SSSR count). The minimum absolute atomic E-state index is 0.910.